The first-order valence-corrected chi connectivity index (χ1v) is 15.0. The molecule has 4 aliphatic heterocycles. The van der Waals surface area contributed by atoms with Crippen LogP contribution in [0.5, 0.6) is 0 Å². The van der Waals surface area contributed by atoms with E-state index in [1.807, 2.05) is 35.4 Å². The van der Waals surface area contributed by atoms with Crippen molar-refractivity contribution in [1.82, 2.24) is 25.2 Å². The molecule has 1 aromatic carbocycles. The maximum absolute atomic E-state index is 13.7. The fourth-order valence-electron chi connectivity index (χ4n) is 6.80. The van der Waals surface area contributed by atoms with E-state index in [0.29, 0.717) is 5.57 Å². The summed E-state index contributed by atoms with van der Waals surface area (Å²) in [6.07, 6.45) is 12.2. The molecule has 5 aliphatic rings. The highest BCUT2D eigenvalue weighted by Gasteiger charge is 2.46. The second kappa shape index (κ2) is 10.9. The highest BCUT2D eigenvalue weighted by Crippen LogP contribution is 2.40. The average Bonchev–Trinajstić information content (AvgIpc) is 3.71. The van der Waals surface area contributed by atoms with E-state index in [-0.39, 0.29) is 41.7 Å². The average molecular weight is 550 g/mol. The molecule has 8 nitrogen and oxygen atoms in total. The fraction of sp³-hybridized carbons (Fsp3) is 0.424. The summed E-state index contributed by atoms with van der Waals surface area (Å²) < 4.78 is 4.76. The van der Waals surface area contributed by atoms with Crippen molar-refractivity contribution in [3.05, 3.63) is 77.1 Å². The van der Waals surface area contributed by atoms with E-state index in [1.54, 1.807) is 6.20 Å². The summed E-state index contributed by atoms with van der Waals surface area (Å²) in [6, 6.07) is 12.1. The van der Waals surface area contributed by atoms with Crippen LogP contribution in [-0.4, -0.2) is 71.9 Å². The van der Waals surface area contributed by atoms with Gasteiger partial charge in [-0.3, -0.25) is 9.59 Å². The van der Waals surface area contributed by atoms with Crippen LogP contribution in [0.25, 0.3) is 5.57 Å². The minimum absolute atomic E-state index is 0.0260. The molecule has 0 radical (unpaired) electrons. The summed E-state index contributed by atoms with van der Waals surface area (Å²) in [7, 11) is 0. The smallest absolute Gasteiger partial charge is 0.328 e. The van der Waals surface area contributed by atoms with Crippen molar-refractivity contribution in [3.63, 3.8) is 0 Å². The number of amides is 2. The van der Waals surface area contributed by atoms with Crippen molar-refractivity contribution in [3.8, 4) is 0 Å². The van der Waals surface area contributed by atoms with Crippen LogP contribution in [-0.2, 0) is 9.59 Å². The highest BCUT2D eigenvalue weighted by molar-refractivity contribution is 6.31. The molecule has 2 saturated heterocycles. The van der Waals surface area contributed by atoms with Crippen molar-refractivity contribution in [2.24, 2.45) is 11.8 Å². The van der Waals surface area contributed by atoms with Gasteiger partial charge in [0.15, 0.2) is 0 Å². The second-order valence-corrected chi connectivity index (χ2v) is 11.9. The summed E-state index contributed by atoms with van der Waals surface area (Å²) in [6.45, 7) is 5.30. The van der Waals surface area contributed by atoms with E-state index in [4.69, 9.17) is 4.67 Å². The predicted molar refractivity (Wildman–Crippen MR) is 162 cm³/mol. The van der Waals surface area contributed by atoms with Gasteiger partial charge in [0.1, 0.15) is 5.69 Å². The molecule has 0 spiro atoms. The minimum Gasteiger partial charge on any atom is -0.340 e. The Morgan fingerprint density at radius 1 is 1.10 bits per heavy atom. The van der Waals surface area contributed by atoms with Crippen molar-refractivity contribution in [1.29, 1.82) is 0 Å². The quantitative estimate of drug-likeness (QED) is 0.303. The number of aromatic nitrogens is 1. The van der Waals surface area contributed by atoms with Crippen molar-refractivity contribution >= 4 is 35.0 Å². The highest BCUT2D eigenvalue weighted by atomic mass is 16.2. The SMILES string of the molecule is CC1NC(C=C2C(=O)Nc3ccc(C4C=[N+]=C(c5ccccn5)CC4)cc32)C(C=C2CC2)C1C(=O)N1CCNCC1. The van der Waals surface area contributed by atoms with E-state index in [1.165, 1.54) is 5.57 Å². The lowest BCUT2D eigenvalue weighted by molar-refractivity contribution is -0.137. The number of fused-ring (bicyclic) bond motifs is 1. The zero-order chi connectivity index (χ0) is 27.9. The standard InChI is InChI=1S/C33H36N6O2/c1-20-31(33(41)39-14-12-34-13-15-39)26(16-21-5-6-21)30(37-20)18-25-24-17-22(7-9-27(24)38-32(25)40)23-8-10-29(36-19-23)28-4-2-3-11-35-28/h2-4,7,9,11,16-20,23,26,30-31,34,37H,5-6,8,10,12-15H2,1H3/p+1. The Labute approximate surface area is 240 Å². The van der Waals surface area contributed by atoms with Gasteiger partial charge >= 0.3 is 5.71 Å². The molecule has 1 aliphatic carbocycles. The molecule has 1 saturated carbocycles. The Morgan fingerprint density at radius 2 is 1.95 bits per heavy atom. The first-order chi connectivity index (χ1) is 20.0. The third-order valence-corrected chi connectivity index (χ3v) is 9.17. The first kappa shape index (κ1) is 26.1. The van der Waals surface area contributed by atoms with E-state index >= 15 is 0 Å². The van der Waals surface area contributed by atoms with Gasteiger partial charge in [0.2, 0.25) is 5.91 Å². The van der Waals surface area contributed by atoms with Gasteiger partial charge in [-0.15, -0.1) is 0 Å². The summed E-state index contributed by atoms with van der Waals surface area (Å²) in [5, 5.41) is 10.1. The van der Waals surface area contributed by atoms with E-state index in [9.17, 15) is 9.59 Å². The third kappa shape index (κ3) is 5.19. The molecular weight excluding hydrogens is 512 g/mol. The molecule has 0 bridgehead atoms. The number of carbonyl (C=O) groups excluding carboxylic acids is 2. The lowest BCUT2D eigenvalue weighted by Gasteiger charge is -2.32. The van der Waals surface area contributed by atoms with Crippen LogP contribution < -0.4 is 20.6 Å². The lowest BCUT2D eigenvalue weighted by atomic mass is 9.84. The van der Waals surface area contributed by atoms with Crippen molar-refractivity contribution < 1.29 is 9.59 Å². The molecule has 5 unspecified atom stereocenters. The van der Waals surface area contributed by atoms with Gasteiger partial charge in [-0.05, 0) is 56.0 Å². The van der Waals surface area contributed by atoms with Crippen LogP contribution in [0.3, 0.4) is 0 Å². The van der Waals surface area contributed by atoms with E-state index in [0.717, 1.165) is 80.1 Å². The number of carbonyl (C=O) groups is 2. The maximum atomic E-state index is 13.7. The van der Waals surface area contributed by atoms with E-state index < -0.39 is 0 Å². The van der Waals surface area contributed by atoms with Gasteiger partial charge in [0.05, 0.1) is 18.3 Å². The van der Waals surface area contributed by atoms with Gasteiger partial charge in [0, 0.05) is 67.2 Å². The summed E-state index contributed by atoms with van der Waals surface area (Å²) >= 11 is 0. The molecule has 5 heterocycles. The Morgan fingerprint density at radius 3 is 2.68 bits per heavy atom. The van der Waals surface area contributed by atoms with Gasteiger partial charge < -0.3 is 20.9 Å². The number of nitrogens with one attached hydrogen (secondary N) is 3. The van der Waals surface area contributed by atoms with Crippen LogP contribution >= 0.6 is 0 Å². The van der Waals surface area contributed by atoms with Crippen LogP contribution in [0.15, 0.2) is 60.3 Å². The number of piperazine rings is 1. The van der Waals surface area contributed by atoms with Gasteiger partial charge in [-0.1, -0.05) is 34.5 Å². The fourth-order valence-corrected chi connectivity index (χ4v) is 6.80. The van der Waals surface area contributed by atoms with Gasteiger partial charge in [-0.25, -0.2) is 4.98 Å². The molecule has 3 fully saturated rings. The Kier molecular flexibility index (Phi) is 6.91. The number of allylic oxidation sites excluding steroid dienone is 1. The summed E-state index contributed by atoms with van der Waals surface area (Å²) in [4.78, 5) is 33.4. The van der Waals surface area contributed by atoms with Crippen LogP contribution in [0.4, 0.5) is 5.69 Å². The van der Waals surface area contributed by atoms with Gasteiger partial charge in [0.25, 0.3) is 12.1 Å². The number of nitrogens with zero attached hydrogens (tertiary/aromatic N) is 3. The molecule has 7 rings (SSSR count). The minimum atomic E-state index is -0.138. The van der Waals surface area contributed by atoms with Crippen LogP contribution in [0, 0.1) is 11.8 Å². The number of rotatable bonds is 5. The Balaban J connectivity index is 1.17. The van der Waals surface area contributed by atoms with Crippen molar-refractivity contribution in [2.75, 3.05) is 31.5 Å². The lowest BCUT2D eigenvalue weighted by Crippen LogP contribution is -2.50. The van der Waals surface area contributed by atoms with Crippen LogP contribution in [0.2, 0.25) is 0 Å². The maximum Gasteiger partial charge on any atom is 0.328 e. The second-order valence-electron chi connectivity index (χ2n) is 11.9. The number of hydrogen-bond donors (Lipinski definition) is 3. The number of hydrogen-bond acceptors (Lipinski definition) is 5. The molecule has 3 N–H and O–H groups in total. The predicted octanol–water partition coefficient (Wildman–Crippen LogP) is 2.67. The van der Waals surface area contributed by atoms with Crippen LogP contribution in [0.1, 0.15) is 55.3 Å². The third-order valence-electron chi connectivity index (χ3n) is 9.17. The Bertz CT molecular complexity index is 1490. The molecule has 2 aromatic rings. The molecule has 2 amide bonds. The molecule has 210 valence electrons. The largest absolute Gasteiger partial charge is 0.340 e. The van der Waals surface area contributed by atoms with Crippen molar-refractivity contribution in [2.45, 2.75) is 50.6 Å². The molecular formula is C33H37N6O2+. The molecule has 1 aromatic heterocycles. The zero-order valence-electron chi connectivity index (χ0n) is 23.5. The number of pyridine rings is 1. The number of anilines is 1. The number of benzene rings is 1. The molecule has 41 heavy (non-hydrogen) atoms. The molecule has 8 heteroatoms. The summed E-state index contributed by atoms with van der Waals surface area (Å²) in [5.74, 6) is 0.226. The normalized spacial score (nSPS) is 29.8. The topological polar surface area (TPSA) is 100 Å². The summed E-state index contributed by atoms with van der Waals surface area (Å²) in [5.41, 5.74) is 6.99. The monoisotopic (exact) mass is 549 g/mol. The van der Waals surface area contributed by atoms with Gasteiger partial charge in [-0.2, -0.15) is 0 Å². The molecule has 5 atom stereocenters. The van der Waals surface area contributed by atoms with E-state index in [2.05, 4.69) is 52.1 Å². The zero-order valence-corrected chi connectivity index (χ0v) is 23.5. The Hall–Kier alpha value is -3.84. The first-order valence-electron chi connectivity index (χ1n) is 15.0.